The van der Waals surface area contributed by atoms with Crippen molar-refractivity contribution in [3.8, 4) is 0 Å². The van der Waals surface area contributed by atoms with Gasteiger partial charge in [0.2, 0.25) is 0 Å². The fraction of sp³-hybridized carbons (Fsp3) is 0.765. The minimum Gasteiger partial charge on any atom is -0.469 e. The topological polar surface area (TPSA) is 86.7 Å². The Balaban J connectivity index is 1.88. The molecule has 23 heavy (non-hydrogen) atoms. The van der Waals surface area contributed by atoms with E-state index in [2.05, 4.69) is 4.74 Å². The minimum absolute atomic E-state index is 0.0267. The Kier molecular flexibility index (Phi) is 6.30. The van der Waals surface area contributed by atoms with E-state index in [1.54, 1.807) is 0 Å². The van der Waals surface area contributed by atoms with E-state index in [1.807, 2.05) is 0 Å². The van der Waals surface area contributed by atoms with Crippen molar-refractivity contribution in [2.45, 2.75) is 51.4 Å². The van der Waals surface area contributed by atoms with Gasteiger partial charge in [0.15, 0.2) is 0 Å². The first-order valence-corrected chi connectivity index (χ1v) is 8.27. The first-order chi connectivity index (χ1) is 11.0. The van der Waals surface area contributed by atoms with Crippen molar-refractivity contribution in [2.24, 2.45) is 23.7 Å². The SMILES string of the molecule is COC(=O)CC(CC=O)C1CCC(C2CC(=O)OC(=O)C2)CC1. The summed E-state index contributed by atoms with van der Waals surface area (Å²) in [5.41, 5.74) is 0. The van der Waals surface area contributed by atoms with Gasteiger partial charge in [0.05, 0.1) is 7.11 Å². The van der Waals surface area contributed by atoms with Crippen molar-refractivity contribution in [3.63, 3.8) is 0 Å². The molecule has 6 nitrogen and oxygen atoms in total. The van der Waals surface area contributed by atoms with Crippen LogP contribution in [0.15, 0.2) is 0 Å². The number of rotatable bonds is 6. The minimum atomic E-state index is -0.419. The highest BCUT2D eigenvalue weighted by molar-refractivity contribution is 5.88. The molecule has 2 aliphatic rings. The van der Waals surface area contributed by atoms with E-state index in [4.69, 9.17) is 4.74 Å². The standard InChI is InChI=1S/C17H24O6/c1-22-15(19)8-13(6-7-18)11-2-4-12(5-3-11)14-9-16(20)23-17(21)10-14/h7,11-14H,2-6,8-10H2,1H3. The van der Waals surface area contributed by atoms with Crippen LogP contribution in [-0.2, 0) is 28.7 Å². The molecule has 2 fully saturated rings. The summed E-state index contributed by atoms with van der Waals surface area (Å²) in [6, 6.07) is 0. The number of carbonyl (C=O) groups is 4. The second-order valence-corrected chi connectivity index (χ2v) is 6.63. The van der Waals surface area contributed by atoms with Gasteiger partial charge in [-0.2, -0.15) is 0 Å². The van der Waals surface area contributed by atoms with E-state index in [9.17, 15) is 19.2 Å². The smallest absolute Gasteiger partial charge is 0.313 e. The summed E-state index contributed by atoms with van der Waals surface area (Å²) in [6.07, 6.45) is 5.84. The van der Waals surface area contributed by atoms with Gasteiger partial charge in [0.25, 0.3) is 0 Å². The van der Waals surface area contributed by atoms with Crippen molar-refractivity contribution >= 4 is 24.2 Å². The summed E-state index contributed by atoms with van der Waals surface area (Å²) >= 11 is 0. The lowest BCUT2D eigenvalue weighted by Gasteiger charge is -2.37. The Morgan fingerprint density at radius 2 is 1.78 bits per heavy atom. The van der Waals surface area contributed by atoms with Gasteiger partial charge in [-0.15, -0.1) is 0 Å². The Hall–Kier alpha value is -1.72. The molecular formula is C17H24O6. The zero-order valence-corrected chi connectivity index (χ0v) is 13.5. The van der Waals surface area contributed by atoms with Gasteiger partial charge in [-0.3, -0.25) is 14.4 Å². The molecule has 1 aliphatic heterocycles. The molecule has 6 heteroatoms. The molecule has 0 aromatic carbocycles. The lowest BCUT2D eigenvalue weighted by atomic mass is 9.69. The highest BCUT2D eigenvalue weighted by atomic mass is 16.6. The third-order valence-corrected chi connectivity index (χ3v) is 5.29. The summed E-state index contributed by atoms with van der Waals surface area (Å²) in [7, 11) is 1.36. The Morgan fingerprint density at radius 1 is 1.17 bits per heavy atom. The molecule has 0 aromatic heterocycles. The van der Waals surface area contributed by atoms with Gasteiger partial charge < -0.3 is 14.3 Å². The number of cyclic esters (lactones) is 2. The van der Waals surface area contributed by atoms with Gasteiger partial charge in [0, 0.05) is 25.7 Å². The second-order valence-electron chi connectivity index (χ2n) is 6.63. The largest absolute Gasteiger partial charge is 0.469 e. The molecule has 1 aliphatic carbocycles. The Bertz CT molecular complexity index is 448. The van der Waals surface area contributed by atoms with E-state index >= 15 is 0 Å². The van der Waals surface area contributed by atoms with Gasteiger partial charge in [-0.1, -0.05) is 0 Å². The third-order valence-electron chi connectivity index (χ3n) is 5.29. The molecule has 1 saturated heterocycles. The molecule has 0 bridgehead atoms. The van der Waals surface area contributed by atoms with Crippen LogP contribution in [0.25, 0.3) is 0 Å². The van der Waals surface area contributed by atoms with Gasteiger partial charge in [0.1, 0.15) is 6.29 Å². The summed E-state index contributed by atoms with van der Waals surface area (Å²) in [5.74, 6) is -0.344. The van der Waals surface area contributed by atoms with Crippen LogP contribution in [0.2, 0.25) is 0 Å². The van der Waals surface area contributed by atoms with Crippen LogP contribution in [0, 0.1) is 23.7 Å². The molecule has 1 atom stereocenters. The zero-order valence-electron chi connectivity index (χ0n) is 13.5. The second kappa shape index (κ2) is 8.22. The summed E-state index contributed by atoms with van der Waals surface area (Å²) in [4.78, 5) is 45.2. The highest BCUT2D eigenvalue weighted by Crippen LogP contribution is 2.41. The van der Waals surface area contributed by atoms with Crippen LogP contribution in [0.5, 0.6) is 0 Å². The number of hydrogen-bond donors (Lipinski definition) is 0. The number of esters is 3. The highest BCUT2D eigenvalue weighted by Gasteiger charge is 2.36. The zero-order chi connectivity index (χ0) is 16.8. The maximum Gasteiger partial charge on any atom is 0.313 e. The first kappa shape index (κ1) is 17.6. The maximum atomic E-state index is 11.5. The predicted octanol–water partition coefficient (Wildman–Crippen LogP) is 2.04. The lowest BCUT2D eigenvalue weighted by Crippen LogP contribution is -2.33. The van der Waals surface area contributed by atoms with Gasteiger partial charge in [-0.25, -0.2) is 0 Å². The quantitative estimate of drug-likeness (QED) is 0.422. The molecule has 0 N–H and O–H groups in total. The maximum absolute atomic E-state index is 11.5. The van der Waals surface area contributed by atoms with Crippen LogP contribution >= 0.6 is 0 Å². The van der Waals surface area contributed by atoms with Crippen LogP contribution in [-0.4, -0.2) is 31.3 Å². The Morgan fingerprint density at radius 3 is 2.30 bits per heavy atom. The average Bonchev–Trinajstić information content (AvgIpc) is 2.53. The molecule has 1 unspecified atom stereocenters. The van der Waals surface area contributed by atoms with E-state index in [-0.39, 0.29) is 24.2 Å². The number of methoxy groups -OCH3 is 1. The molecule has 0 amide bonds. The summed E-state index contributed by atoms with van der Waals surface area (Å²) < 4.78 is 9.30. The van der Waals surface area contributed by atoms with E-state index in [1.165, 1.54) is 7.11 Å². The van der Waals surface area contributed by atoms with E-state index in [0.717, 1.165) is 32.0 Å². The van der Waals surface area contributed by atoms with Crippen LogP contribution in [0.4, 0.5) is 0 Å². The number of hydrogen-bond acceptors (Lipinski definition) is 6. The van der Waals surface area contributed by atoms with Crippen molar-refractivity contribution in [1.82, 2.24) is 0 Å². The molecule has 128 valence electrons. The normalized spacial score (nSPS) is 27.2. The average molecular weight is 324 g/mol. The Labute approximate surface area is 135 Å². The number of aldehydes is 1. The fourth-order valence-corrected chi connectivity index (χ4v) is 4.00. The fourth-order valence-electron chi connectivity index (χ4n) is 4.00. The van der Waals surface area contributed by atoms with E-state index < -0.39 is 11.9 Å². The molecule has 1 heterocycles. The van der Waals surface area contributed by atoms with Crippen molar-refractivity contribution in [3.05, 3.63) is 0 Å². The summed E-state index contributed by atoms with van der Waals surface area (Å²) in [5, 5.41) is 0. The molecule has 0 radical (unpaired) electrons. The van der Waals surface area contributed by atoms with Gasteiger partial charge >= 0.3 is 17.9 Å². The molecule has 0 aromatic rings. The molecular weight excluding hydrogens is 300 g/mol. The van der Waals surface area contributed by atoms with Crippen LogP contribution in [0.1, 0.15) is 51.4 Å². The van der Waals surface area contributed by atoms with Crippen molar-refractivity contribution in [1.29, 1.82) is 0 Å². The monoisotopic (exact) mass is 324 g/mol. The summed E-state index contributed by atoms with van der Waals surface area (Å²) in [6.45, 7) is 0. The molecule has 0 spiro atoms. The van der Waals surface area contributed by atoms with Crippen LogP contribution in [0.3, 0.4) is 0 Å². The predicted molar refractivity (Wildman–Crippen MR) is 80.1 cm³/mol. The molecule has 2 rings (SSSR count). The first-order valence-electron chi connectivity index (χ1n) is 8.27. The van der Waals surface area contributed by atoms with E-state index in [0.29, 0.717) is 31.1 Å². The number of ether oxygens (including phenoxy) is 2. The van der Waals surface area contributed by atoms with Crippen molar-refractivity contribution < 1.29 is 28.7 Å². The van der Waals surface area contributed by atoms with Crippen LogP contribution < -0.4 is 0 Å². The lowest BCUT2D eigenvalue weighted by molar-refractivity contribution is -0.167. The number of carbonyl (C=O) groups excluding carboxylic acids is 4. The third kappa shape index (κ3) is 4.88. The molecule has 1 saturated carbocycles. The van der Waals surface area contributed by atoms with Gasteiger partial charge in [-0.05, 0) is 49.4 Å². The van der Waals surface area contributed by atoms with Crippen molar-refractivity contribution in [2.75, 3.05) is 7.11 Å².